The van der Waals surface area contributed by atoms with Gasteiger partial charge >= 0.3 is 0 Å². The van der Waals surface area contributed by atoms with E-state index in [-0.39, 0.29) is 5.56 Å². The van der Waals surface area contributed by atoms with Crippen LogP contribution in [0.1, 0.15) is 11.5 Å². The topological polar surface area (TPSA) is 63.6 Å². The van der Waals surface area contributed by atoms with Crippen LogP contribution in [0.3, 0.4) is 0 Å². The maximum atomic E-state index is 11.8. The van der Waals surface area contributed by atoms with Crippen LogP contribution in [0.25, 0.3) is 4.96 Å². The smallest absolute Gasteiger partial charge is 0.275 e. The molecule has 0 aliphatic carbocycles. The third-order valence-electron chi connectivity index (χ3n) is 2.66. The highest BCUT2D eigenvalue weighted by atomic mass is 32.1. The molecule has 0 aliphatic heterocycles. The molecule has 0 radical (unpaired) electrons. The van der Waals surface area contributed by atoms with Crippen molar-refractivity contribution in [1.82, 2.24) is 14.6 Å². The molecule has 0 unspecified atom stereocenters. The summed E-state index contributed by atoms with van der Waals surface area (Å²) in [4.78, 5) is 18.6. The first-order valence-electron chi connectivity index (χ1n) is 5.74. The van der Waals surface area contributed by atoms with Gasteiger partial charge in [-0.2, -0.15) is 4.52 Å². The number of hydrogen-bond acceptors (Lipinski definition) is 6. The average Bonchev–Trinajstić information content (AvgIpc) is 2.97. The van der Waals surface area contributed by atoms with Gasteiger partial charge in [-0.05, 0) is 19.1 Å². The van der Waals surface area contributed by atoms with Crippen molar-refractivity contribution in [3.05, 3.63) is 46.3 Å². The number of nitrogens with zero attached hydrogens (tertiary/aromatic N) is 4. The summed E-state index contributed by atoms with van der Waals surface area (Å²) < 4.78 is 6.62. The highest BCUT2D eigenvalue weighted by molar-refractivity contribution is 7.20. The maximum Gasteiger partial charge on any atom is 0.275 e. The van der Waals surface area contributed by atoms with E-state index in [0.717, 1.165) is 10.9 Å². The van der Waals surface area contributed by atoms with Gasteiger partial charge in [0.1, 0.15) is 5.76 Å². The number of rotatable bonds is 3. The van der Waals surface area contributed by atoms with Crippen LogP contribution >= 0.6 is 11.3 Å². The monoisotopic (exact) mass is 276 g/mol. The van der Waals surface area contributed by atoms with Gasteiger partial charge in [-0.1, -0.05) is 11.3 Å². The van der Waals surface area contributed by atoms with E-state index in [2.05, 4.69) is 10.1 Å². The molecule has 0 aliphatic rings. The quantitative estimate of drug-likeness (QED) is 0.728. The molecule has 7 heteroatoms. The number of aryl methyl sites for hydroxylation is 1. The molecule has 0 bridgehead atoms. The van der Waals surface area contributed by atoms with Crippen LogP contribution in [-0.4, -0.2) is 21.6 Å². The second kappa shape index (κ2) is 4.51. The van der Waals surface area contributed by atoms with Crippen molar-refractivity contribution in [1.29, 1.82) is 0 Å². The molecular formula is C12H12N4O2S. The molecule has 3 heterocycles. The Morgan fingerprint density at radius 1 is 1.53 bits per heavy atom. The van der Waals surface area contributed by atoms with Crippen LogP contribution < -0.4 is 10.5 Å². The zero-order valence-electron chi connectivity index (χ0n) is 10.5. The zero-order chi connectivity index (χ0) is 13.4. The second-order valence-corrected chi connectivity index (χ2v) is 5.18. The lowest BCUT2D eigenvalue weighted by Crippen LogP contribution is -2.18. The minimum Gasteiger partial charge on any atom is -0.467 e. The average molecular weight is 276 g/mol. The van der Waals surface area contributed by atoms with E-state index in [1.165, 1.54) is 21.9 Å². The van der Waals surface area contributed by atoms with Gasteiger partial charge < -0.3 is 9.32 Å². The number of fused-ring (bicyclic) bond motifs is 1. The Morgan fingerprint density at radius 2 is 2.37 bits per heavy atom. The standard InChI is InChI=1S/C12H12N4O2S/c1-8-6-10(17)16-11(13-8)19-12(14-16)15(2)7-9-4-3-5-18-9/h3-6H,7H2,1-2H3. The van der Waals surface area contributed by atoms with E-state index < -0.39 is 0 Å². The van der Waals surface area contributed by atoms with Gasteiger partial charge in [0.05, 0.1) is 12.8 Å². The van der Waals surface area contributed by atoms with Crippen molar-refractivity contribution in [3.63, 3.8) is 0 Å². The predicted molar refractivity (Wildman–Crippen MR) is 72.7 cm³/mol. The lowest BCUT2D eigenvalue weighted by molar-refractivity contribution is 0.507. The summed E-state index contributed by atoms with van der Waals surface area (Å²) >= 11 is 1.38. The van der Waals surface area contributed by atoms with Crippen molar-refractivity contribution in [2.45, 2.75) is 13.5 Å². The minimum absolute atomic E-state index is 0.156. The summed E-state index contributed by atoms with van der Waals surface area (Å²) in [6.45, 7) is 2.40. The predicted octanol–water partition coefficient (Wildman–Crippen LogP) is 1.69. The Balaban J connectivity index is 1.97. The molecule has 3 aromatic rings. The first-order chi connectivity index (χ1) is 9.13. The Hall–Kier alpha value is -2.15. The molecule has 0 fully saturated rings. The number of aromatic nitrogens is 3. The SMILES string of the molecule is Cc1cc(=O)n2nc(N(C)Cc3ccco3)sc2n1. The fourth-order valence-electron chi connectivity index (χ4n) is 1.77. The Bertz CT molecular complexity index is 760. The van der Waals surface area contributed by atoms with Crippen molar-refractivity contribution in [2.24, 2.45) is 0 Å². The molecule has 6 nitrogen and oxygen atoms in total. The molecule has 19 heavy (non-hydrogen) atoms. The number of hydrogen-bond donors (Lipinski definition) is 0. The lowest BCUT2D eigenvalue weighted by atomic mass is 10.4. The van der Waals surface area contributed by atoms with Crippen molar-refractivity contribution in [2.75, 3.05) is 11.9 Å². The Morgan fingerprint density at radius 3 is 3.11 bits per heavy atom. The first-order valence-corrected chi connectivity index (χ1v) is 6.56. The van der Waals surface area contributed by atoms with E-state index in [1.807, 2.05) is 24.1 Å². The molecule has 3 rings (SSSR count). The summed E-state index contributed by atoms with van der Waals surface area (Å²) in [6, 6.07) is 5.22. The fourth-order valence-corrected chi connectivity index (χ4v) is 2.68. The first kappa shape index (κ1) is 11.9. The molecule has 0 saturated carbocycles. The van der Waals surface area contributed by atoms with Crippen LogP contribution in [0.4, 0.5) is 5.13 Å². The fraction of sp³-hybridized carbons (Fsp3) is 0.250. The van der Waals surface area contributed by atoms with Gasteiger partial charge in [-0.25, -0.2) is 4.98 Å². The third kappa shape index (κ3) is 2.24. The molecule has 98 valence electrons. The van der Waals surface area contributed by atoms with Gasteiger partial charge in [-0.3, -0.25) is 4.79 Å². The molecule has 0 spiro atoms. The molecule has 0 saturated heterocycles. The van der Waals surface area contributed by atoms with Crippen LogP contribution in [0, 0.1) is 6.92 Å². The van der Waals surface area contributed by atoms with Crippen molar-refractivity contribution < 1.29 is 4.42 Å². The van der Waals surface area contributed by atoms with Crippen LogP contribution in [0.5, 0.6) is 0 Å². The highest BCUT2D eigenvalue weighted by Crippen LogP contribution is 2.21. The number of anilines is 1. The normalized spacial score (nSPS) is 11.1. The summed E-state index contributed by atoms with van der Waals surface area (Å²) in [5.41, 5.74) is 0.547. The summed E-state index contributed by atoms with van der Waals surface area (Å²) in [5.74, 6) is 0.846. The van der Waals surface area contributed by atoms with E-state index in [1.54, 1.807) is 13.2 Å². The molecule has 0 amide bonds. The third-order valence-corrected chi connectivity index (χ3v) is 3.68. The molecular weight excluding hydrogens is 264 g/mol. The van der Waals surface area contributed by atoms with Crippen molar-refractivity contribution >= 4 is 21.4 Å². The molecule has 0 N–H and O–H groups in total. The van der Waals surface area contributed by atoms with Gasteiger partial charge in [0.2, 0.25) is 10.1 Å². The van der Waals surface area contributed by atoms with Gasteiger partial charge in [0.25, 0.3) is 5.56 Å². The van der Waals surface area contributed by atoms with Crippen LogP contribution in [-0.2, 0) is 6.54 Å². The Kier molecular flexibility index (Phi) is 2.83. The van der Waals surface area contributed by atoms with E-state index in [4.69, 9.17) is 4.42 Å². The largest absolute Gasteiger partial charge is 0.467 e. The molecule has 0 atom stereocenters. The van der Waals surface area contributed by atoms with E-state index in [0.29, 0.717) is 17.2 Å². The van der Waals surface area contributed by atoms with Crippen molar-refractivity contribution in [3.8, 4) is 0 Å². The summed E-state index contributed by atoms with van der Waals surface area (Å²) in [5, 5.41) is 5.01. The van der Waals surface area contributed by atoms with E-state index >= 15 is 0 Å². The zero-order valence-corrected chi connectivity index (χ0v) is 11.3. The maximum absolute atomic E-state index is 11.8. The second-order valence-electron chi connectivity index (χ2n) is 4.25. The van der Waals surface area contributed by atoms with Gasteiger partial charge in [-0.15, -0.1) is 5.10 Å². The highest BCUT2D eigenvalue weighted by Gasteiger charge is 2.12. The number of furan rings is 1. The van der Waals surface area contributed by atoms with E-state index in [9.17, 15) is 4.79 Å². The van der Waals surface area contributed by atoms with Crippen LogP contribution in [0.15, 0.2) is 33.7 Å². The summed E-state index contributed by atoms with van der Waals surface area (Å²) in [7, 11) is 1.90. The minimum atomic E-state index is -0.156. The van der Waals surface area contributed by atoms with Crippen LogP contribution in [0.2, 0.25) is 0 Å². The molecule has 3 aromatic heterocycles. The van der Waals surface area contributed by atoms with Gasteiger partial charge in [0.15, 0.2) is 0 Å². The Labute approximate surface area is 112 Å². The summed E-state index contributed by atoms with van der Waals surface area (Å²) in [6.07, 6.45) is 1.64. The molecule has 0 aromatic carbocycles. The lowest BCUT2D eigenvalue weighted by Gasteiger charge is -2.12. The van der Waals surface area contributed by atoms with Gasteiger partial charge in [0, 0.05) is 18.8 Å².